The van der Waals surface area contributed by atoms with E-state index in [1.165, 1.54) is 0 Å². The first-order chi connectivity index (χ1) is 9.92. The maximum Gasteiger partial charge on any atom is 0.309 e. The van der Waals surface area contributed by atoms with Crippen molar-refractivity contribution in [1.82, 2.24) is 10.6 Å². The Balaban J connectivity index is 1.91. The summed E-state index contributed by atoms with van der Waals surface area (Å²) in [6, 6.07) is 7.65. The van der Waals surface area contributed by atoms with Gasteiger partial charge in [-0.3, -0.25) is 9.59 Å². The van der Waals surface area contributed by atoms with Crippen molar-refractivity contribution in [3.05, 3.63) is 35.4 Å². The van der Waals surface area contributed by atoms with Crippen molar-refractivity contribution in [1.29, 1.82) is 0 Å². The van der Waals surface area contributed by atoms with Crippen molar-refractivity contribution in [2.75, 3.05) is 13.1 Å². The third kappa shape index (κ3) is 3.61. The van der Waals surface area contributed by atoms with Crippen LogP contribution in [0.2, 0.25) is 0 Å². The molecular formula is C16H22N2O3. The molecule has 1 aliphatic rings. The molecule has 114 valence electrons. The number of rotatable bonds is 4. The van der Waals surface area contributed by atoms with E-state index >= 15 is 0 Å². The maximum atomic E-state index is 11.7. The number of amides is 2. The fourth-order valence-corrected chi connectivity index (χ4v) is 2.54. The van der Waals surface area contributed by atoms with Crippen LogP contribution in [0, 0.1) is 5.92 Å². The molecule has 0 aliphatic heterocycles. The van der Waals surface area contributed by atoms with Crippen molar-refractivity contribution >= 4 is 11.8 Å². The van der Waals surface area contributed by atoms with E-state index < -0.39 is 17.4 Å². The van der Waals surface area contributed by atoms with E-state index in [0.29, 0.717) is 13.0 Å². The number of carbonyl (C=O) groups excluding carboxylic acids is 2. The molecule has 3 N–H and O–H groups in total. The minimum atomic E-state index is -1.08. The van der Waals surface area contributed by atoms with Gasteiger partial charge in [0.25, 0.3) is 0 Å². The predicted molar refractivity (Wildman–Crippen MR) is 79.5 cm³/mol. The maximum absolute atomic E-state index is 11.7. The summed E-state index contributed by atoms with van der Waals surface area (Å²) in [6.45, 7) is 4.42. The summed E-state index contributed by atoms with van der Waals surface area (Å²) in [5.74, 6) is -1.07. The first-order valence-electron chi connectivity index (χ1n) is 7.29. The van der Waals surface area contributed by atoms with Gasteiger partial charge in [-0.15, -0.1) is 0 Å². The van der Waals surface area contributed by atoms with Crippen molar-refractivity contribution in [2.24, 2.45) is 5.92 Å². The van der Waals surface area contributed by atoms with Crippen LogP contribution in [0.4, 0.5) is 0 Å². The number of aliphatic hydroxyl groups is 1. The molecule has 2 rings (SSSR count). The number of fused-ring (bicyclic) bond motifs is 1. The van der Waals surface area contributed by atoms with Gasteiger partial charge in [0.15, 0.2) is 0 Å². The van der Waals surface area contributed by atoms with E-state index in [1.54, 1.807) is 0 Å². The largest absolute Gasteiger partial charge is 0.383 e. The Bertz CT molecular complexity index is 542. The molecule has 0 spiro atoms. The minimum absolute atomic E-state index is 0.0535. The molecule has 0 heterocycles. The monoisotopic (exact) mass is 290 g/mol. The smallest absolute Gasteiger partial charge is 0.309 e. The Morgan fingerprint density at radius 1 is 1.24 bits per heavy atom. The van der Waals surface area contributed by atoms with Crippen LogP contribution < -0.4 is 10.6 Å². The molecule has 0 aromatic heterocycles. The number of benzene rings is 1. The van der Waals surface area contributed by atoms with Gasteiger partial charge in [0.05, 0.1) is 6.54 Å². The molecule has 1 unspecified atom stereocenters. The molecule has 5 nitrogen and oxygen atoms in total. The number of aryl methyl sites for hydroxylation is 1. The van der Waals surface area contributed by atoms with Crippen LogP contribution in [0.25, 0.3) is 0 Å². The third-order valence-electron chi connectivity index (χ3n) is 3.75. The quantitative estimate of drug-likeness (QED) is 0.715. The van der Waals surface area contributed by atoms with Crippen LogP contribution >= 0.6 is 0 Å². The molecule has 1 aromatic carbocycles. The van der Waals surface area contributed by atoms with Gasteiger partial charge in [0.1, 0.15) is 5.60 Å². The predicted octanol–water partition coefficient (Wildman–Crippen LogP) is 0.709. The van der Waals surface area contributed by atoms with E-state index in [4.69, 9.17) is 0 Å². The SMILES string of the molecule is CC(C)CNC(=O)C(=O)NCC1(O)CCc2ccccc21. The van der Waals surface area contributed by atoms with Crippen molar-refractivity contribution < 1.29 is 14.7 Å². The zero-order valence-electron chi connectivity index (χ0n) is 12.5. The lowest BCUT2D eigenvalue weighted by Crippen LogP contribution is -2.46. The summed E-state index contributed by atoms with van der Waals surface area (Å²) in [5.41, 5.74) is 0.858. The third-order valence-corrected chi connectivity index (χ3v) is 3.75. The zero-order valence-corrected chi connectivity index (χ0v) is 12.5. The number of hydrogen-bond donors (Lipinski definition) is 3. The second kappa shape index (κ2) is 6.26. The van der Waals surface area contributed by atoms with Gasteiger partial charge in [-0.25, -0.2) is 0 Å². The van der Waals surface area contributed by atoms with E-state index in [9.17, 15) is 14.7 Å². The first kappa shape index (κ1) is 15.5. The highest BCUT2D eigenvalue weighted by Crippen LogP contribution is 2.35. The molecule has 1 atom stereocenters. The molecular weight excluding hydrogens is 268 g/mol. The Morgan fingerprint density at radius 2 is 1.90 bits per heavy atom. The first-order valence-corrected chi connectivity index (χ1v) is 7.29. The van der Waals surface area contributed by atoms with Crippen LogP contribution in [0.3, 0.4) is 0 Å². The molecule has 5 heteroatoms. The van der Waals surface area contributed by atoms with Crippen LogP contribution in [0.15, 0.2) is 24.3 Å². The number of nitrogens with one attached hydrogen (secondary N) is 2. The van der Waals surface area contributed by atoms with Crippen molar-refractivity contribution in [3.8, 4) is 0 Å². The summed E-state index contributed by atoms with van der Waals surface area (Å²) >= 11 is 0. The van der Waals surface area contributed by atoms with Gasteiger partial charge < -0.3 is 15.7 Å². The fraction of sp³-hybridized carbons (Fsp3) is 0.500. The molecule has 0 bridgehead atoms. The summed E-state index contributed by atoms with van der Waals surface area (Å²) in [4.78, 5) is 23.3. The summed E-state index contributed by atoms with van der Waals surface area (Å²) in [6.07, 6.45) is 1.34. The number of hydrogen-bond acceptors (Lipinski definition) is 3. The summed E-state index contributed by atoms with van der Waals surface area (Å²) < 4.78 is 0. The highest BCUT2D eigenvalue weighted by Gasteiger charge is 2.36. The summed E-state index contributed by atoms with van der Waals surface area (Å²) in [7, 11) is 0. The molecule has 1 aromatic rings. The van der Waals surface area contributed by atoms with Crippen LogP contribution in [-0.4, -0.2) is 30.0 Å². The van der Waals surface area contributed by atoms with Crippen LogP contribution in [-0.2, 0) is 21.6 Å². The second-order valence-corrected chi connectivity index (χ2v) is 5.98. The Morgan fingerprint density at radius 3 is 2.62 bits per heavy atom. The van der Waals surface area contributed by atoms with Gasteiger partial charge >= 0.3 is 11.8 Å². The lowest BCUT2D eigenvalue weighted by atomic mass is 9.96. The highest BCUT2D eigenvalue weighted by molar-refractivity contribution is 6.35. The average molecular weight is 290 g/mol. The second-order valence-electron chi connectivity index (χ2n) is 5.98. The lowest BCUT2D eigenvalue weighted by Gasteiger charge is -2.24. The van der Waals surface area contributed by atoms with Crippen LogP contribution in [0.1, 0.15) is 31.4 Å². The topological polar surface area (TPSA) is 78.4 Å². The van der Waals surface area contributed by atoms with Gasteiger partial charge in [0, 0.05) is 6.54 Å². The minimum Gasteiger partial charge on any atom is -0.383 e. The molecule has 21 heavy (non-hydrogen) atoms. The summed E-state index contributed by atoms with van der Waals surface area (Å²) in [5, 5.41) is 15.7. The molecule has 0 fully saturated rings. The van der Waals surface area contributed by atoms with Gasteiger partial charge in [0.2, 0.25) is 0 Å². The molecule has 1 aliphatic carbocycles. The van der Waals surface area contributed by atoms with Gasteiger partial charge in [-0.05, 0) is 29.9 Å². The Hall–Kier alpha value is -1.88. The van der Waals surface area contributed by atoms with E-state index in [2.05, 4.69) is 10.6 Å². The average Bonchev–Trinajstić information content (AvgIpc) is 2.81. The van der Waals surface area contributed by atoms with Crippen molar-refractivity contribution in [3.63, 3.8) is 0 Å². The Kier molecular flexibility index (Phi) is 4.63. The van der Waals surface area contributed by atoms with E-state index in [1.807, 2.05) is 38.1 Å². The Labute approximate surface area is 124 Å². The van der Waals surface area contributed by atoms with Gasteiger partial charge in [-0.1, -0.05) is 38.1 Å². The molecule has 0 radical (unpaired) electrons. The highest BCUT2D eigenvalue weighted by atomic mass is 16.3. The molecule has 2 amide bonds. The molecule has 0 saturated heterocycles. The number of carbonyl (C=O) groups is 2. The van der Waals surface area contributed by atoms with E-state index in [0.717, 1.165) is 17.5 Å². The zero-order chi connectivity index (χ0) is 15.5. The van der Waals surface area contributed by atoms with E-state index in [-0.39, 0.29) is 12.5 Å². The fourth-order valence-electron chi connectivity index (χ4n) is 2.54. The van der Waals surface area contributed by atoms with Gasteiger partial charge in [-0.2, -0.15) is 0 Å². The standard InChI is InChI=1S/C16H22N2O3/c1-11(2)9-17-14(19)15(20)18-10-16(21)8-7-12-5-3-4-6-13(12)16/h3-6,11,21H,7-10H2,1-2H3,(H,17,19)(H,18,20). The molecule has 0 saturated carbocycles. The lowest BCUT2D eigenvalue weighted by molar-refractivity contribution is -0.140. The van der Waals surface area contributed by atoms with Crippen molar-refractivity contribution in [2.45, 2.75) is 32.3 Å². The normalized spacial score (nSPS) is 20.2. The van der Waals surface area contributed by atoms with Crippen LogP contribution in [0.5, 0.6) is 0 Å².